The van der Waals surface area contributed by atoms with Crippen LogP contribution >= 0.6 is 0 Å². The Morgan fingerprint density at radius 2 is 1.87 bits per heavy atom. The van der Waals surface area contributed by atoms with E-state index >= 15 is 0 Å². The van der Waals surface area contributed by atoms with E-state index in [0.717, 1.165) is 0 Å². The van der Waals surface area contributed by atoms with Gasteiger partial charge in [0.15, 0.2) is 5.69 Å². The zero-order chi connectivity index (χ0) is 11.8. The monoisotopic (exact) mass is 221 g/mol. The molecule has 0 aliphatic carbocycles. The molecule has 0 bridgehead atoms. The first kappa shape index (κ1) is 12.0. The minimum atomic E-state index is -4.88. The first-order chi connectivity index (χ1) is 6.73. The lowest BCUT2D eigenvalue weighted by molar-refractivity contribution is -0.990. The minimum Gasteiger partial charge on any atom is -0.595 e. The van der Waals surface area contributed by atoms with Gasteiger partial charge in [0.2, 0.25) is 0 Å². The fraction of sp³-hybridized carbons (Fsp3) is 0.143. The number of quaternary nitrogens is 1. The summed E-state index contributed by atoms with van der Waals surface area (Å²) in [5, 5.41) is 17.2. The maximum absolute atomic E-state index is 12.7. The van der Waals surface area contributed by atoms with Gasteiger partial charge < -0.3 is 5.21 Å². The Labute approximate surface area is 82.9 Å². The molecule has 0 saturated heterocycles. The Kier molecular flexibility index (Phi) is 3.03. The molecule has 15 heavy (non-hydrogen) atoms. The molecule has 0 aliphatic rings. The summed E-state index contributed by atoms with van der Waals surface area (Å²) >= 11 is 0. The molecule has 2 N–H and O–H groups in total. The van der Waals surface area contributed by atoms with Gasteiger partial charge in [-0.05, 0) is 11.5 Å². The van der Waals surface area contributed by atoms with Crippen LogP contribution in [0.1, 0.15) is 5.56 Å². The Bertz CT molecular complexity index is 380. The number of hydrogen-bond acceptors (Lipinski definition) is 2. The van der Waals surface area contributed by atoms with Gasteiger partial charge >= 0.3 is 6.18 Å². The first-order valence-corrected chi connectivity index (χ1v) is 3.63. The second kappa shape index (κ2) is 3.80. The Morgan fingerprint density at radius 3 is 2.27 bits per heavy atom. The van der Waals surface area contributed by atoms with Crippen molar-refractivity contribution in [1.29, 1.82) is 0 Å². The van der Waals surface area contributed by atoms with Crippen molar-refractivity contribution >= 4 is 19.0 Å². The molecular formula is C7H4BF4NO2. The summed E-state index contributed by atoms with van der Waals surface area (Å²) in [6.45, 7) is 0. The summed E-state index contributed by atoms with van der Waals surface area (Å²) in [5.74, 6) is -1.30. The molecule has 1 aromatic rings. The normalized spacial score (nSPS) is 14.0. The minimum absolute atomic E-state index is 0.155. The van der Waals surface area contributed by atoms with Gasteiger partial charge in [-0.3, -0.25) is 0 Å². The van der Waals surface area contributed by atoms with Crippen molar-refractivity contribution in [3.8, 4) is 0 Å². The van der Waals surface area contributed by atoms with E-state index in [-0.39, 0.29) is 6.07 Å². The van der Waals surface area contributed by atoms with Crippen LogP contribution in [0.5, 0.6) is 0 Å². The highest BCUT2D eigenvalue weighted by Crippen LogP contribution is 2.29. The van der Waals surface area contributed by atoms with Crippen LogP contribution in [-0.2, 0) is 6.18 Å². The van der Waals surface area contributed by atoms with Crippen molar-refractivity contribution in [1.82, 2.24) is 0 Å². The van der Waals surface area contributed by atoms with Crippen LogP contribution in [0.2, 0.25) is 0 Å². The molecule has 3 nitrogen and oxygen atoms in total. The summed E-state index contributed by atoms with van der Waals surface area (Å²) in [6.07, 6.45) is -4.88. The van der Waals surface area contributed by atoms with E-state index in [2.05, 4.69) is 0 Å². The van der Waals surface area contributed by atoms with Crippen LogP contribution in [0.25, 0.3) is 0 Å². The summed E-state index contributed by atoms with van der Waals surface area (Å²) in [4.78, 5) is 0. The number of alkyl halides is 3. The number of halogens is 4. The molecule has 1 rings (SSSR count). The fourth-order valence-corrected chi connectivity index (χ4v) is 1.03. The van der Waals surface area contributed by atoms with Crippen LogP contribution in [0, 0.1) is 11.0 Å². The highest BCUT2D eigenvalue weighted by molar-refractivity contribution is 6.36. The van der Waals surface area contributed by atoms with Gasteiger partial charge in [-0.1, -0.05) is 0 Å². The summed E-state index contributed by atoms with van der Waals surface area (Å²) in [7, 11) is 4.97. The Hall–Kier alpha value is -1.12. The molecule has 0 aliphatic heterocycles. The average Bonchev–Trinajstić information content (AvgIpc) is 2.06. The van der Waals surface area contributed by atoms with Crippen LogP contribution in [0.3, 0.4) is 0 Å². The van der Waals surface area contributed by atoms with E-state index in [1.807, 2.05) is 0 Å². The lowest BCUT2D eigenvalue weighted by Crippen LogP contribution is -3.00. The highest BCUT2D eigenvalue weighted by atomic mass is 19.4. The molecule has 1 aromatic carbocycles. The molecule has 0 amide bonds. The molecule has 80 valence electrons. The van der Waals surface area contributed by atoms with E-state index < -0.39 is 33.9 Å². The number of benzene rings is 1. The van der Waals surface area contributed by atoms with Crippen molar-refractivity contribution in [2.45, 2.75) is 6.18 Å². The van der Waals surface area contributed by atoms with Gasteiger partial charge in [-0.2, -0.15) is 18.4 Å². The zero-order valence-corrected chi connectivity index (χ0v) is 7.10. The third kappa shape index (κ3) is 2.47. The van der Waals surface area contributed by atoms with Crippen LogP contribution < -0.4 is 10.7 Å². The van der Waals surface area contributed by atoms with Gasteiger partial charge in [0, 0.05) is 6.07 Å². The third-order valence-electron chi connectivity index (χ3n) is 1.68. The maximum Gasteiger partial charge on any atom is 0.416 e. The van der Waals surface area contributed by atoms with Crippen LogP contribution in [-0.4, -0.2) is 13.1 Å². The molecular weight excluding hydrogens is 217 g/mol. The topological polar surface area (TPSA) is 47.7 Å². The van der Waals surface area contributed by atoms with E-state index in [9.17, 15) is 22.8 Å². The van der Waals surface area contributed by atoms with E-state index in [1.54, 1.807) is 0 Å². The molecule has 2 radical (unpaired) electrons. The molecule has 1 atom stereocenters. The summed E-state index contributed by atoms with van der Waals surface area (Å²) in [6, 6.07) is 0.592. The summed E-state index contributed by atoms with van der Waals surface area (Å²) in [5.41, 5.74) is -3.38. The predicted octanol–water partition coefficient (Wildman–Crippen LogP) is 0.0417. The van der Waals surface area contributed by atoms with Crippen molar-refractivity contribution in [3.05, 3.63) is 28.7 Å². The molecule has 1 unspecified atom stereocenters. The van der Waals surface area contributed by atoms with Gasteiger partial charge in [0.25, 0.3) is 0 Å². The third-order valence-corrected chi connectivity index (χ3v) is 1.68. The average molecular weight is 221 g/mol. The molecule has 0 fully saturated rings. The zero-order valence-electron chi connectivity index (χ0n) is 7.10. The SMILES string of the molecule is [B]c1c([NH+]([O-])O)cc(F)cc1C(F)(F)F. The van der Waals surface area contributed by atoms with Gasteiger partial charge in [0.1, 0.15) is 13.7 Å². The smallest absolute Gasteiger partial charge is 0.416 e. The van der Waals surface area contributed by atoms with E-state index in [1.165, 1.54) is 0 Å². The van der Waals surface area contributed by atoms with Crippen molar-refractivity contribution in [3.63, 3.8) is 0 Å². The lowest BCUT2D eigenvalue weighted by atomic mass is 9.88. The summed E-state index contributed by atoms with van der Waals surface area (Å²) < 4.78 is 49.4. The van der Waals surface area contributed by atoms with Gasteiger partial charge in [0.05, 0.1) is 5.56 Å². The maximum atomic E-state index is 12.7. The first-order valence-electron chi connectivity index (χ1n) is 3.63. The highest BCUT2D eigenvalue weighted by Gasteiger charge is 2.34. The molecule has 0 saturated carbocycles. The number of rotatable bonds is 1. The largest absolute Gasteiger partial charge is 0.595 e. The standard InChI is InChI=1S/C7H4BF4NO2/c8-6-4(7(10,11)12)1-3(9)2-5(6)13(14)15/h1-2,13-14H. The van der Waals surface area contributed by atoms with Gasteiger partial charge in [-0.25, -0.2) is 9.60 Å². The van der Waals surface area contributed by atoms with Crippen molar-refractivity contribution in [2.24, 2.45) is 0 Å². The Balaban J connectivity index is 3.42. The Morgan fingerprint density at radius 1 is 1.33 bits per heavy atom. The van der Waals surface area contributed by atoms with Crippen molar-refractivity contribution in [2.75, 3.05) is 0 Å². The second-order valence-corrected chi connectivity index (χ2v) is 2.72. The number of hydrogen-bond donors (Lipinski definition) is 2. The van der Waals surface area contributed by atoms with E-state index in [0.29, 0.717) is 6.07 Å². The van der Waals surface area contributed by atoms with E-state index in [4.69, 9.17) is 13.1 Å². The second-order valence-electron chi connectivity index (χ2n) is 2.72. The lowest BCUT2D eigenvalue weighted by Gasteiger charge is -2.18. The molecule has 0 spiro atoms. The number of nitrogens with one attached hydrogen (secondary N) is 1. The van der Waals surface area contributed by atoms with Crippen LogP contribution in [0.4, 0.5) is 23.2 Å². The molecule has 8 heteroatoms. The predicted molar refractivity (Wildman–Crippen MR) is 42.6 cm³/mol. The quantitative estimate of drug-likeness (QED) is 0.399. The molecule has 0 heterocycles. The van der Waals surface area contributed by atoms with Crippen LogP contribution in [0.15, 0.2) is 12.1 Å². The molecule has 0 aromatic heterocycles. The van der Waals surface area contributed by atoms with Gasteiger partial charge in [-0.15, -0.1) is 0 Å². The fourth-order valence-electron chi connectivity index (χ4n) is 1.03. The van der Waals surface area contributed by atoms with Crippen molar-refractivity contribution < 1.29 is 28.0 Å².